The van der Waals surface area contributed by atoms with E-state index >= 15 is 0 Å². The molecule has 9 rings (SSSR count). The zero-order valence-electron chi connectivity index (χ0n) is 30.7. The Morgan fingerprint density at radius 2 is 0.917 bits per heavy atom. The van der Waals surface area contributed by atoms with E-state index in [1.165, 1.54) is 10.8 Å². The summed E-state index contributed by atoms with van der Waals surface area (Å²) < 4.78 is 42.3. The molecule has 8 aromatic carbocycles. The highest BCUT2D eigenvalue weighted by molar-refractivity contribution is 6.00. The molecule has 0 saturated carbocycles. The van der Waals surface area contributed by atoms with Crippen molar-refractivity contribution in [3.63, 3.8) is 0 Å². The second-order valence-electron chi connectivity index (χ2n) is 11.7. The highest BCUT2D eigenvalue weighted by Crippen LogP contribution is 2.35. The van der Waals surface area contributed by atoms with Crippen molar-refractivity contribution in [2.75, 3.05) is 0 Å². The summed E-state index contributed by atoms with van der Waals surface area (Å²) in [4.78, 5) is 14.6. The molecule has 3 nitrogen and oxygen atoms in total. The number of benzene rings is 8. The maximum atomic E-state index is 8.74. The van der Waals surface area contributed by atoms with Crippen LogP contribution in [0.25, 0.3) is 88.7 Å². The molecule has 0 fully saturated rings. The van der Waals surface area contributed by atoms with Crippen LogP contribution in [0.1, 0.15) is 6.85 Å². The average Bonchev–Trinajstić information content (AvgIpc) is 3.21. The summed E-state index contributed by atoms with van der Waals surface area (Å²) in [5, 5.41) is 6.30. The van der Waals surface area contributed by atoms with E-state index in [9.17, 15) is 0 Å². The molecule has 0 aliphatic carbocycles. The molecule has 0 aliphatic heterocycles. The molecule has 0 aliphatic rings. The van der Waals surface area contributed by atoms with Gasteiger partial charge in [-0.05, 0) is 72.8 Å². The Labute approximate surface area is 285 Å². The second kappa shape index (κ2) is 11.7. The Hall–Kier alpha value is -6.45. The van der Waals surface area contributed by atoms with Gasteiger partial charge in [-0.15, -0.1) is 0 Å². The molecule has 0 bridgehead atoms. The molecule has 0 unspecified atom stereocenters. The van der Waals surface area contributed by atoms with Gasteiger partial charge in [0, 0.05) is 16.7 Å². The lowest BCUT2D eigenvalue weighted by molar-refractivity contribution is 1.08. The van der Waals surface area contributed by atoms with Crippen molar-refractivity contribution >= 4 is 32.3 Å². The molecule has 0 N–H and O–H groups in total. The highest BCUT2D eigenvalue weighted by atomic mass is 15.0. The predicted octanol–water partition coefficient (Wildman–Crippen LogP) is 11.7. The van der Waals surface area contributed by atoms with Crippen LogP contribution in [0.3, 0.4) is 0 Å². The Morgan fingerprint density at radius 1 is 0.333 bits per heavy atom. The third kappa shape index (κ3) is 5.08. The summed E-state index contributed by atoms with van der Waals surface area (Å²) in [6.45, 7) is 0. The summed E-state index contributed by atoms with van der Waals surface area (Å²) in [5.74, 6) is 0.669. The van der Waals surface area contributed by atoms with Crippen LogP contribution in [0, 0.1) is 0 Å². The van der Waals surface area contributed by atoms with Gasteiger partial charge in [-0.2, -0.15) is 0 Å². The lowest BCUT2D eigenvalue weighted by Crippen LogP contribution is -2.00. The van der Waals surface area contributed by atoms with Crippen molar-refractivity contribution in [2.45, 2.75) is 0 Å². The predicted molar refractivity (Wildman–Crippen MR) is 200 cm³/mol. The van der Waals surface area contributed by atoms with Crippen molar-refractivity contribution in [2.24, 2.45) is 0 Å². The van der Waals surface area contributed by atoms with Gasteiger partial charge in [-0.25, -0.2) is 15.0 Å². The van der Waals surface area contributed by atoms with E-state index in [0.29, 0.717) is 17.2 Å². The molecule has 0 spiro atoms. The van der Waals surface area contributed by atoms with Gasteiger partial charge in [0.15, 0.2) is 17.5 Å². The summed E-state index contributed by atoms with van der Waals surface area (Å²) >= 11 is 0. The van der Waals surface area contributed by atoms with Crippen LogP contribution in [0.2, 0.25) is 0 Å². The molecule has 0 radical (unpaired) electrons. The highest BCUT2D eigenvalue weighted by Gasteiger charge is 2.15. The molecule has 1 aromatic heterocycles. The number of nitrogens with zero attached hydrogens (tertiary/aromatic N) is 3. The van der Waals surface area contributed by atoms with E-state index in [1.54, 1.807) is 0 Å². The van der Waals surface area contributed by atoms with Gasteiger partial charge in [0.05, 0.1) is 6.85 Å². The topological polar surface area (TPSA) is 38.7 Å². The standard InChI is InChI=1S/C45H29N3/c1-3-11-30(12-4-1)33-25-26-41-36(27-33)17-10-20-42(41)45-47-43(32-14-5-2-6-15-32)46-44(48-45)38-24-22-34-28-37(23-21-35(34)29-38)40-19-9-16-31-13-7-8-18-39(31)40/h1-29H/i2D,5D,6D,14D,15D. The molecule has 0 saturated heterocycles. The van der Waals surface area contributed by atoms with Gasteiger partial charge >= 0.3 is 0 Å². The number of hydrogen-bond donors (Lipinski definition) is 0. The van der Waals surface area contributed by atoms with Crippen LogP contribution in [0.5, 0.6) is 0 Å². The van der Waals surface area contributed by atoms with E-state index in [0.717, 1.165) is 49.4 Å². The van der Waals surface area contributed by atoms with E-state index in [2.05, 4.69) is 78.9 Å². The van der Waals surface area contributed by atoms with Gasteiger partial charge < -0.3 is 0 Å². The third-order valence-electron chi connectivity index (χ3n) is 8.79. The maximum absolute atomic E-state index is 8.74. The number of aromatic nitrogens is 3. The van der Waals surface area contributed by atoms with Crippen LogP contribution in [-0.2, 0) is 0 Å². The third-order valence-corrected chi connectivity index (χ3v) is 8.79. The Balaban J connectivity index is 1.21. The normalized spacial score (nSPS) is 12.8. The van der Waals surface area contributed by atoms with Gasteiger partial charge in [-0.1, -0.05) is 158 Å². The largest absolute Gasteiger partial charge is 0.208 e. The lowest BCUT2D eigenvalue weighted by Gasteiger charge is -2.12. The number of rotatable bonds is 5. The van der Waals surface area contributed by atoms with Crippen molar-refractivity contribution in [1.82, 2.24) is 15.0 Å². The van der Waals surface area contributed by atoms with Crippen LogP contribution in [0.4, 0.5) is 0 Å². The van der Waals surface area contributed by atoms with Crippen LogP contribution in [0.15, 0.2) is 176 Å². The van der Waals surface area contributed by atoms with E-state index in [-0.39, 0.29) is 23.5 Å². The van der Waals surface area contributed by atoms with E-state index in [1.807, 2.05) is 66.7 Å². The molecule has 9 aromatic rings. The minimum Gasteiger partial charge on any atom is -0.208 e. The molecule has 224 valence electrons. The quantitative estimate of drug-likeness (QED) is 0.193. The van der Waals surface area contributed by atoms with Crippen LogP contribution in [-0.4, -0.2) is 15.0 Å². The zero-order chi connectivity index (χ0) is 36.2. The Morgan fingerprint density at radius 3 is 1.75 bits per heavy atom. The lowest BCUT2D eigenvalue weighted by atomic mass is 9.95. The Bertz CT molecular complexity index is 2880. The minimum absolute atomic E-state index is 0.00584. The van der Waals surface area contributed by atoms with Gasteiger partial charge in [-0.3, -0.25) is 0 Å². The van der Waals surface area contributed by atoms with Crippen molar-refractivity contribution in [3.8, 4) is 56.4 Å². The number of hydrogen-bond acceptors (Lipinski definition) is 3. The van der Waals surface area contributed by atoms with Crippen molar-refractivity contribution < 1.29 is 6.85 Å². The molecule has 3 heteroatoms. The monoisotopic (exact) mass is 616 g/mol. The van der Waals surface area contributed by atoms with E-state index in [4.69, 9.17) is 21.8 Å². The van der Waals surface area contributed by atoms with E-state index < -0.39 is 18.1 Å². The van der Waals surface area contributed by atoms with Crippen LogP contribution >= 0.6 is 0 Å². The SMILES string of the molecule is [2H]c1c([2H])c([2H])c(-c2nc(-c3ccc4cc(-c5cccc6ccccc56)ccc4c3)nc(-c3cccc4cc(-c5ccccc5)ccc34)n2)c([2H])c1[2H]. The molecular weight excluding hydrogens is 583 g/mol. The van der Waals surface area contributed by atoms with Gasteiger partial charge in [0.25, 0.3) is 0 Å². The minimum atomic E-state index is -0.473. The van der Waals surface area contributed by atoms with Crippen LogP contribution < -0.4 is 0 Å². The fraction of sp³-hybridized carbons (Fsp3) is 0. The van der Waals surface area contributed by atoms with Crippen molar-refractivity contribution in [1.29, 1.82) is 0 Å². The summed E-state index contributed by atoms with van der Waals surface area (Å²) in [7, 11) is 0. The summed E-state index contributed by atoms with van der Waals surface area (Å²) in [6, 6.07) is 47.3. The molecule has 0 amide bonds. The first-order valence-corrected chi connectivity index (χ1v) is 15.8. The Kier molecular flexibility index (Phi) is 5.61. The first-order valence-electron chi connectivity index (χ1n) is 18.3. The number of fused-ring (bicyclic) bond motifs is 3. The first kappa shape index (κ1) is 23.0. The molecular formula is C45H29N3. The van der Waals surface area contributed by atoms with Gasteiger partial charge in [0.2, 0.25) is 0 Å². The molecule has 0 atom stereocenters. The molecule has 48 heavy (non-hydrogen) atoms. The molecule has 1 heterocycles. The maximum Gasteiger partial charge on any atom is 0.164 e. The average molecular weight is 617 g/mol. The smallest absolute Gasteiger partial charge is 0.164 e. The first-order chi connectivity index (χ1) is 25.8. The second-order valence-corrected chi connectivity index (χ2v) is 11.7. The summed E-state index contributed by atoms with van der Waals surface area (Å²) in [5.41, 5.74) is 5.81. The fourth-order valence-electron chi connectivity index (χ4n) is 6.42. The summed E-state index contributed by atoms with van der Waals surface area (Å²) in [6.07, 6.45) is 0. The van der Waals surface area contributed by atoms with Gasteiger partial charge in [0.1, 0.15) is 0 Å². The van der Waals surface area contributed by atoms with Crippen molar-refractivity contribution in [3.05, 3.63) is 176 Å². The zero-order valence-corrected chi connectivity index (χ0v) is 25.7. The fourth-order valence-corrected chi connectivity index (χ4v) is 6.42.